The van der Waals surface area contributed by atoms with Crippen LogP contribution >= 0.6 is 23.4 Å². The van der Waals surface area contributed by atoms with Crippen LogP contribution in [0.2, 0.25) is 5.02 Å². The molecule has 5 N–H and O–H groups in total. The van der Waals surface area contributed by atoms with Crippen molar-refractivity contribution in [2.75, 3.05) is 5.73 Å². The molecule has 0 fully saturated rings. The summed E-state index contributed by atoms with van der Waals surface area (Å²) in [5.74, 6) is 5.63. The molecule has 0 unspecified atom stereocenters. The van der Waals surface area contributed by atoms with Gasteiger partial charge in [0.1, 0.15) is 0 Å². The van der Waals surface area contributed by atoms with Crippen molar-refractivity contribution in [3.05, 3.63) is 58.6 Å². The number of carbonyl (C=O) groups is 1. The zero-order valence-corrected chi connectivity index (χ0v) is 12.9. The van der Waals surface area contributed by atoms with Gasteiger partial charge in [0.2, 0.25) is 5.91 Å². The summed E-state index contributed by atoms with van der Waals surface area (Å²) in [5.41, 5.74) is 10.6. The van der Waals surface area contributed by atoms with Crippen molar-refractivity contribution in [3.63, 3.8) is 0 Å². The van der Waals surface area contributed by atoms with Gasteiger partial charge >= 0.3 is 0 Å². The minimum absolute atomic E-state index is 0.213. The number of nitrogen functional groups attached to an aromatic ring is 1. The minimum Gasteiger partial charge on any atom is -0.399 e. The third kappa shape index (κ3) is 4.39. The first-order valence-corrected chi connectivity index (χ1v) is 7.70. The molecule has 0 aromatic heterocycles. The van der Waals surface area contributed by atoms with E-state index in [0.717, 1.165) is 16.0 Å². The number of amides is 1. The lowest BCUT2D eigenvalue weighted by molar-refractivity contribution is -0.120. The normalized spacial score (nSPS) is 10.4. The van der Waals surface area contributed by atoms with Crippen molar-refractivity contribution in [1.82, 2.24) is 5.43 Å². The predicted octanol–water partition coefficient (Wildman–Crippen LogP) is 2.75. The van der Waals surface area contributed by atoms with E-state index in [9.17, 15) is 4.79 Å². The fourth-order valence-electron chi connectivity index (χ4n) is 1.88. The lowest BCUT2D eigenvalue weighted by Crippen LogP contribution is -2.31. The van der Waals surface area contributed by atoms with Gasteiger partial charge in [-0.25, -0.2) is 5.84 Å². The summed E-state index contributed by atoms with van der Waals surface area (Å²) < 4.78 is 0. The van der Waals surface area contributed by atoms with Crippen LogP contribution in [-0.2, 0) is 17.0 Å². The Morgan fingerprint density at radius 3 is 2.62 bits per heavy atom. The van der Waals surface area contributed by atoms with Crippen LogP contribution in [0.5, 0.6) is 0 Å². The Kier molecular flexibility index (Phi) is 5.50. The largest absolute Gasteiger partial charge is 0.399 e. The first-order chi connectivity index (χ1) is 10.1. The maximum absolute atomic E-state index is 11.4. The van der Waals surface area contributed by atoms with Gasteiger partial charge in [-0.05, 0) is 29.3 Å². The average molecular weight is 322 g/mol. The van der Waals surface area contributed by atoms with Crippen molar-refractivity contribution in [2.24, 2.45) is 5.84 Å². The Hall–Kier alpha value is -1.69. The Balaban J connectivity index is 2.13. The predicted molar refractivity (Wildman–Crippen MR) is 87.9 cm³/mol. The molecule has 0 aliphatic carbocycles. The molecular formula is C15H16ClN3OS. The second kappa shape index (κ2) is 7.36. The van der Waals surface area contributed by atoms with Crippen molar-refractivity contribution in [1.29, 1.82) is 0 Å². The molecule has 2 aromatic rings. The monoisotopic (exact) mass is 321 g/mol. The van der Waals surface area contributed by atoms with Crippen molar-refractivity contribution in [2.45, 2.75) is 17.1 Å². The highest BCUT2D eigenvalue weighted by molar-refractivity contribution is 7.98. The molecule has 0 aliphatic rings. The number of rotatable bonds is 5. The zero-order chi connectivity index (χ0) is 15.2. The molecule has 110 valence electrons. The molecule has 0 radical (unpaired) electrons. The maximum Gasteiger partial charge on any atom is 0.238 e. The van der Waals surface area contributed by atoms with E-state index in [0.29, 0.717) is 16.5 Å². The van der Waals surface area contributed by atoms with Crippen LogP contribution in [0.25, 0.3) is 0 Å². The Bertz CT molecular complexity index is 649. The molecule has 2 aromatic carbocycles. The summed E-state index contributed by atoms with van der Waals surface area (Å²) in [6.45, 7) is 0. The number of hydrogen-bond acceptors (Lipinski definition) is 4. The van der Waals surface area contributed by atoms with Crippen LogP contribution < -0.4 is 17.0 Å². The van der Waals surface area contributed by atoms with Gasteiger partial charge in [-0.3, -0.25) is 10.2 Å². The van der Waals surface area contributed by atoms with E-state index in [-0.39, 0.29) is 12.3 Å². The molecule has 0 saturated carbocycles. The van der Waals surface area contributed by atoms with Gasteiger partial charge in [0.05, 0.1) is 11.4 Å². The molecule has 0 spiro atoms. The van der Waals surface area contributed by atoms with Crippen molar-refractivity contribution < 1.29 is 4.79 Å². The maximum atomic E-state index is 11.4. The first-order valence-electron chi connectivity index (χ1n) is 6.34. The number of halogens is 1. The second-order valence-corrected chi connectivity index (χ2v) is 5.92. The Morgan fingerprint density at radius 2 is 1.90 bits per heavy atom. The van der Waals surface area contributed by atoms with Gasteiger partial charge in [0.15, 0.2) is 0 Å². The molecular weight excluding hydrogens is 306 g/mol. The van der Waals surface area contributed by atoms with E-state index in [1.54, 1.807) is 23.9 Å². The molecule has 21 heavy (non-hydrogen) atoms. The molecule has 0 heterocycles. The third-order valence-corrected chi connectivity index (χ3v) is 4.51. The average Bonchev–Trinajstić information content (AvgIpc) is 2.49. The van der Waals surface area contributed by atoms with Gasteiger partial charge < -0.3 is 5.73 Å². The second-order valence-electron chi connectivity index (χ2n) is 4.49. The van der Waals surface area contributed by atoms with Gasteiger partial charge in [0, 0.05) is 16.3 Å². The first kappa shape index (κ1) is 15.7. The van der Waals surface area contributed by atoms with Crippen LogP contribution in [0.4, 0.5) is 5.69 Å². The fourth-order valence-corrected chi connectivity index (χ4v) is 3.18. The van der Waals surface area contributed by atoms with Crippen LogP contribution in [0.15, 0.2) is 47.4 Å². The summed E-state index contributed by atoms with van der Waals surface area (Å²) in [6.07, 6.45) is 0.262. The smallest absolute Gasteiger partial charge is 0.238 e. The number of anilines is 1. The number of hydrazine groups is 1. The highest BCUT2D eigenvalue weighted by Gasteiger charge is 2.08. The minimum atomic E-state index is -0.213. The standard InChI is InChI=1S/C15H16ClN3OS/c16-13-6-5-12(17)8-14(13)21-9-11-4-2-1-3-10(11)7-15(20)19-18/h1-6,8H,7,9,17-18H2,(H,19,20). The molecule has 4 nitrogen and oxygen atoms in total. The van der Waals surface area contributed by atoms with Gasteiger partial charge in [-0.2, -0.15) is 0 Å². The van der Waals surface area contributed by atoms with Gasteiger partial charge in [-0.15, -0.1) is 11.8 Å². The van der Waals surface area contributed by atoms with E-state index < -0.39 is 0 Å². The number of carbonyl (C=O) groups excluding carboxylic acids is 1. The molecule has 0 atom stereocenters. The SMILES string of the molecule is NNC(=O)Cc1ccccc1CSc1cc(N)ccc1Cl. The highest BCUT2D eigenvalue weighted by Crippen LogP contribution is 2.32. The third-order valence-electron chi connectivity index (χ3n) is 2.97. The molecule has 0 bridgehead atoms. The summed E-state index contributed by atoms with van der Waals surface area (Å²) in [6, 6.07) is 13.2. The Labute approximate surface area is 132 Å². The van der Waals surface area contributed by atoms with Crippen LogP contribution in [0.3, 0.4) is 0 Å². The summed E-state index contributed by atoms with van der Waals surface area (Å²) in [4.78, 5) is 12.4. The summed E-state index contributed by atoms with van der Waals surface area (Å²) in [7, 11) is 0. The van der Waals surface area contributed by atoms with Crippen LogP contribution in [0, 0.1) is 0 Å². The molecule has 1 amide bonds. The van der Waals surface area contributed by atoms with E-state index in [4.69, 9.17) is 23.2 Å². The van der Waals surface area contributed by atoms with Crippen molar-refractivity contribution >= 4 is 35.0 Å². The molecule has 0 saturated heterocycles. The lowest BCUT2D eigenvalue weighted by atomic mass is 10.1. The number of thioether (sulfide) groups is 1. The van der Waals surface area contributed by atoms with Crippen molar-refractivity contribution in [3.8, 4) is 0 Å². The number of hydrogen-bond donors (Lipinski definition) is 3. The van der Waals surface area contributed by atoms with E-state index >= 15 is 0 Å². The van der Waals surface area contributed by atoms with Crippen LogP contribution in [-0.4, -0.2) is 5.91 Å². The summed E-state index contributed by atoms with van der Waals surface area (Å²) >= 11 is 7.74. The number of nitrogens with two attached hydrogens (primary N) is 2. The lowest BCUT2D eigenvalue weighted by Gasteiger charge is -2.10. The summed E-state index contributed by atoms with van der Waals surface area (Å²) in [5, 5.41) is 0.673. The number of benzene rings is 2. The highest BCUT2D eigenvalue weighted by atomic mass is 35.5. The quantitative estimate of drug-likeness (QED) is 0.260. The van der Waals surface area contributed by atoms with E-state index in [1.165, 1.54) is 0 Å². The topological polar surface area (TPSA) is 81.1 Å². The molecule has 6 heteroatoms. The van der Waals surface area contributed by atoms with E-state index in [2.05, 4.69) is 5.43 Å². The van der Waals surface area contributed by atoms with E-state index in [1.807, 2.05) is 30.3 Å². The molecule has 2 rings (SSSR count). The van der Waals surface area contributed by atoms with Gasteiger partial charge in [-0.1, -0.05) is 35.9 Å². The molecule has 0 aliphatic heterocycles. The fraction of sp³-hybridized carbons (Fsp3) is 0.133. The van der Waals surface area contributed by atoms with Gasteiger partial charge in [0.25, 0.3) is 0 Å². The Morgan fingerprint density at radius 1 is 1.19 bits per heavy atom. The zero-order valence-electron chi connectivity index (χ0n) is 11.3. The van der Waals surface area contributed by atoms with Crippen LogP contribution in [0.1, 0.15) is 11.1 Å². The number of nitrogens with one attached hydrogen (secondary N) is 1.